The van der Waals surface area contributed by atoms with E-state index in [-0.39, 0.29) is 28.1 Å². The summed E-state index contributed by atoms with van der Waals surface area (Å²) in [6, 6.07) is 11.8. The van der Waals surface area contributed by atoms with Crippen LogP contribution in [-0.4, -0.2) is 41.7 Å². The van der Waals surface area contributed by atoms with Gasteiger partial charge in [0.25, 0.3) is 10.0 Å². The summed E-state index contributed by atoms with van der Waals surface area (Å²) in [4.78, 5) is 18.0. The molecule has 1 saturated carbocycles. The van der Waals surface area contributed by atoms with Gasteiger partial charge in [0.15, 0.2) is 17.2 Å². The Morgan fingerprint density at radius 3 is 2.56 bits per heavy atom. The Bertz CT molecular complexity index is 1310. The van der Waals surface area contributed by atoms with Gasteiger partial charge in [0.05, 0.1) is 17.6 Å². The highest BCUT2D eigenvalue weighted by Crippen LogP contribution is 2.32. The summed E-state index contributed by atoms with van der Waals surface area (Å²) in [6.07, 6.45) is 6.78. The molecule has 1 aliphatic carbocycles. The number of fused-ring (bicyclic) bond motifs is 1. The lowest BCUT2D eigenvalue weighted by Crippen LogP contribution is -2.22. The van der Waals surface area contributed by atoms with Crippen molar-refractivity contribution in [3.05, 3.63) is 59.9 Å². The second kappa shape index (κ2) is 8.91. The number of rotatable bonds is 7. The van der Waals surface area contributed by atoms with Crippen LogP contribution in [0.3, 0.4) is 0 Å². The number of ketones is 1. The van der Waals surface area contributed by atoms with E-state index in [0.29, 0.717) is 30.8 Å². The molecular weight excluding hydrogens is 452 g/mol. The molecule has 34 heavy (non-hydrogen) atoms. The molecule has 2 aromatic heterocycles. The smallest absolute Gasteiger partial charge is 0.270 e. The molecule has 1 unspecified atom stereocenters. The van der Waals surface area contributed by atoms with Crippen LogP contribution in [0, 0.1) is 5.92 Å². The number of ether oxygens (including phenoxy) is 2. The summed E-state index contributed by atoms with van der Waals surface area (Å²) < 4.78 is 40.0. The molecule has 0 radical (unpaired) electrons. The van der Waals surface area contributed by atoms with Crippen LogP contribution in [0.15, 0.2) is 53.6 Å². The molecule has 0 N–H and O–H groups in total. The van der Waals surface area contributed by atoms with Crippen LogP contribution >= 0.6 is 0 Å². The van der Waals surface area contributed by atoms with Crippen LogP contribution in [-0.2, 0) is 25.9 Å². The first-order valence-corrected chi connectivity index (χ1v) is 13.3. The van der Waals surface area contributed by atoms with Gasteiger partial charge < -0.3 is 9.47 Å². The molecule has 0 bridgehead atoms. The van der Waals surface area contributed by atoms with Crippen molar-refractivity contribution in [3.8, 4) is 0 Å². The minimum Gasteiger partial charge on any atom is -0.348 e. The number of carbonyl (C=O) groups is 1. The third kappa shape index (κ3) is 4.54. The molecule has 1 aromatic carbocycles. The third-order valence-electron chi connectivity index (χ3n) is 6.70. The summed E-state index contributed by atoms with van der Waals surface area (Å²) in [5, 5.41) is 0.630. The van der Waals surface area contributed by atoms with Gasteiger partial charge >= 0.3 is 0 Å². The summed E-state index contributed by atoms with van der Waals surface area (Å²) in [7, 11) is -3.99. The second-order valence-corrected chi connectivity index (χ2v) is 11.6. The first kappa shape index (κ1) is 23.2. The van der Waals surface area contributed by atoms with Gasteiger partial charge in [0, 0.05) is 24.4 Å². The topological polar surface area (TPSA) is 87.5 Å². The molecule has 5 rings (SSSR count). The molecule has 180 valence electrons. The predicted molar refractivity (Wildman–Crippen MR) is 128 cm³/mol. The van der Waals surface area contributed by atoms with Crippen LogP contribution in [0.1, 0.15) is 62.0 Å². The molecule has 1 saturated heterocycles. The Kier molecular flexibility index (Phi) is 6.08. The minimum absolute atomic E-state index is 0.104. The van der Waals surface area contributed by atoms with E-state index in [2.05, 4.69) is 4.98 Å². The highest BCUT2D eigenvalue weighted by atomic mass is 32.2. The zero-order valence-corrected chi connectivity index (χ0v) is 20.4. The molecule has 7 nitrogen and oxygen atoms in total. The van der Waals surface area contributed by atoms with E-state index in [4.69, 9.17) is 9.47 Å². The molecule has 2 fully saturated rings. The minimum atomic E-state index is -3.99. The summed E-state index contributed by atoms with van der Waals surface area (Å²) >= 11 is 0. The van der Waals surface area contributed by atoms with E-state index in [0.717, 1.165) is 35.2 Å². The predicted octanol–water partition coefficient (Wildman–Crippen LogP) is 4.73. The third-order valence-corrected chi connectivity index (χ3v) is 8.42. The van der Waals surface area contributed by atoms with Crippen molar-refractivity contribution in [1.82, 2.24) is 8.96 Å². The maximum absolute atomic E-state index is 13.6. The van der Waals surface area contributed by atoms with E-state index in [1.54, 1.807) is 42.6 Å². The van der Waals surface area contributed by atoms with E-state index < -0.39 is 15.8 Å². The van der Waals surface area contributed by atoms with Crippen molar-refractivity contribution in [2.24, 2.45) is 5.92 Å². The first-order chi connectivity index (χ1) is 16.2. The van der Waals surface area contributed by atoms with Crippen molar-refractivity contribution >= 4 is 26.8 Å². The fourth-order valence-electron chi connectivity index (χ4n) is 5.07. The molecule has 1 atom stereocenters. The second-order valence-electron chi connectivity index (χ2n) is 9.80. The van der Waals surface area contributed by atoms with E-state index >= 15 is 0 Å². The van der Waals surface area contributed by atoms with Crippen molar-refractivity contribution in [2.45, 2.75) is 69.2 Å². The highest BCUT2D eigenvalue weighted by molar-refractivity contribution is 7.90. The lowest BCUT2D eigenvalue weighted by molar-refractivity contribution is -0.138. The van der Waals surface area contributed by atoms with E-state index in [9.17, 15) is 13.2 Å². The Hall–Kier alpha value is -2.55. The van der Waals surface area contributed by atoms with Crippen molar-refractivity contribution < 1.29 is 22.7 Å². The number of benzene rings is 1. The maximum Gasteiger partial charge on any atom is 0.270 e. The van der Waals surface area contributed by atoms with Crippen molar-refractivity contribution in [2.75, 3.05) is 6.61 Å². The van der Waals surface area contributed by atoms with Crippen LogP contribution in [0.25, 0.3) is 11.0 Å². The lowest BCUT2D eigenvalue weighted by atomic mass is 9.99. The van der Waals surface area contributed by atoms with Crippen LogP contribution < -0.4 is 0 Å². The molecule has 3 aromatic rings. The molecule has 1 aliphatic heterocycles. The fourth-order valence-corrected chi connectivity index (χ4v) is 6.58. The lowest BCUT2D eigenvalue weighted by Gasteiger charge is -2.17. The zero-order valence-electron chi connectivity index (χ0n) is 19.6. The standard InChI is InChI=1S/C26H30N2O5S/c1-26(2)32-17-21(33-26)13-19-12-20-15-23(24(29)14-18-8-6-7-9-18)28(25(20)27-16-19)34(30,31)22-10-4-3-5-11-22/h3-5,10-12,15-16,18,21H,6-9,13-14,17H2,1-2H3. The van der Waals surface area contributed by atoms with Gasteiger partial charge in [-0.2, -0.15) is 0 Å². The first-order valence-electron chi connectivity index (χ1n) is 11.9. The average molecular weight is 483 g/mol. The van der Waals surface area contributed by atoms with Gasteiger partial charge in [-0.15, -0.1) is 0 Å². The molecule has 3 heterocycles. The van der Waals surface area contributed by atoms with Gasteiger partial charge in [0.1, 0.15) is 5.69 Å². The molecule has 2 aliphatic rings. The summed E-state index contributed by atoms with van der Waals surface area (Å²) in [6.45, 7) is 4.25. The normalized spacial score (nSPS) is 20.8. The number of aromatic nitrogens is 2. The number of pyridine rings is 1. The van der Waals surface area contributed by atoms with Gasteiger partial charge in [0.2, 0.25) is 0 Å². The Morgan fingerprint density at radius 1 is 1.15 bits per heavy atom. The molecule has 0 spiro atoms. The molecule has 0 amide bonds. The molecular formula is C26H30N2O5S. The van der Waals surface area contributed by atoms with E-state index in [1.807, 2.05) is 19.9 Å². The summed E-state index contributed by atoms with van der Waals surface area (Å²) in [5.74, 6) is -0.459. The maximum atomic E-state index is 13.6. The number of Topliss-reactive ketones (excluding diaryl/α,β-unsaturated/α-hetero) is 1. The average Bonchev–Trinajstić information content (AvgIpc) is 3.53. The largest absolute Gasteiger partial charge is 0.348 e. The van der Waals surface area contributed by atoms with Gasteiger partial charge in [-0.3, -0.25) is 4.79 Å². The van der Waals surface area contributed by atoms with Crippen molar-refractivity contribution in [3.63, 3.8) is 0 Å². The number of carbonyl (C=O) groups excluding carboxylic acids is 1. The van der Waals surface area contributed by atoms with Gasteiger partial charge in [-0.25, -0.2) is 17.4 Å². The summed E-state index contributed by atoms with van der Waals surface area (Å²) in [5.41, 5.74) is 1.35. The number of hydrogen-bond acceptors (Lipinski definition) is 6. The highest BCUT2D eigenvalue weighted by Gasteiger charge is 2.33. The Balaban J connectivity index is 1.55. The number of nitrogens with zero attached hydrogens (tertiary/aromatic N) is 2. The SMILES string of the molecule is CC1(C)OCC(Cc2cnc3c(c2)cc(C(=O)CC2CCCC2)n3S(=O)(=O)c2ccccc2)O1. The monoisotopic (exact) mass is 482 g/mol. The van der Waals surface area contributed by atoms with Crippen LogP contribution in [0.5, 0.6) is 0 Å². The van der Waals surface area contributed by atoms with E-state index in [1.165, 1.54) is 0 Å². The molecule has 8 heteroatoms. The zero-order chi connectivity index (χ0) is 23.9. The quantitative estimate of drug-likeness (QED) is 0.453. The van der Waals surface area contributed by atoms with Gasteiger partial charge in [-0.05, 0) is 49.6 Å². The van der Waals surface area contributed by atoms with Crippen LogP contribution in [0.4, 0.5) is 0 Å². The fraction of sp³-hybridized carbons (Fsp3) is 0.462. The Morgan fingerprint density at radius 2 is 1.88 bits per heavy atom. The van der Waals surface area contributed by atoms with Crippen molar-refractivity contribution in [1.29, 1.82) is 0 Å². The van der Waals surface area contributed by atoms with Crippen LogP contribution in [0.2, 0.25) is 0 Å². The number of hydrogen-bond donors (Lipinski definition) is 0. The van der Waals surface area contributed by atoms with Gasteiger partial charge in [-0.1, -0.05) is 43.9 Å². The Labute approximate surface area is 200 Å².